The Bertz CT molecular complexity index is 1110. The summed E-state index contributed by atoms with van der Waals surface area (Å²) in [6.07, 6.45) is 8.11. The van der Waals surface area contributed by atoms with Gasteiger partial charge in [0.1, 0.15) is 6.54 Å². The largest absolute Gasteiger partial charge is 0.300 e. The highest BCUT2D eigenvalue weighted by Gasteiger charge is 2.52. The van der Waals surface area contributed by atoms with E-state index < -0.39 is 0 Å². The van der Waals surface area contributed by atoms with E-state index >= 15 is 0 Å². The van der Waals surface area contributed by atoms with Crippen LogP contribution in [0, 0.1) is 22.5 Å². The van der Waals surface area contributed by atoms with Gasteiger partial charge in [0.05, 0.1) is 10.6 Å². The van der Waals surface area contributed by atoms with Crippen LogP contribution < -0.4 is 5.32 Å². The van der Waals surface area contributed by atoms with Gasteiger partial charge < -0.3 is 5.32 Å². The summed E-state index contributed by atoms with van der Waals surface area (Å²) in [4.78, 5) is 18.6. The highest BCUT2D eigenvalue weighted by atomic mass is 32.1. The van der Waals surface area contributed by atoms with E-state index in [2.05, 4.69) is 20.9 Å². The topological polar surface area (TPSA) is 75.6 Å². The first-order chi connectivity index (χ1) is 14.6. The van der Waals surface area contributed by atoms with Crippen LogP contribution in [0.15, 0.2) is 22.9 Å². The van der Waals surface area contributed by atoms with Crippen molar-refractivity contribution < 1.29 is 4.79 Å². The molecule has 2 N–H and O–H groups in total. The van der Waals surface area contributed by atoms with Gasteiger partial charge in [-0.2, -0.15) is 5.10 Å². The van der Waals surface area contributed by atoms with Gasteiger partial charge in [-0.15, -0.1) is 22.7 Å². The second-order valence-electron chi connectivity index (χ2n) is 9.20. The lowest BCUT2D eigenvalue weighted by Gasteiger charge is -2.56. The summed E-state index contributed by atoms with van der Waals surface area (Å²) >= 11 is 8.46. The van der Waals surface area contributed by atoms with Crippen LogP contribution in [0.1, 0.15) is 44.2 Å². The number of amides is 1. The molecular weight excluding hydrogens is 434 g/mol. The molecule has 6 nitrogen and oxygen atoms in total. The zero-order valence-corrected chi connectivity index (χ0v) is 18.9. The number of aromatic amines is 1. The summed E-state index contributed by atoms with van der Waals surface area (Å²) in [7, 11) is 0. The molecule has 3 aromatic heterocycles. The first-order valence-corrected chi connectivity index (χ1v) is 12.7. The molecule has 0 unspecified atom stereocenters. The molecule has 0 aromatic carbocycles. The van der Waals surface area contributed by atoms with Gasteiger partial charge >= 0.3 is 0 Å². The summed E-state index contributed by atoms with van der Waals surface area (Å²) < 4.78 is 2.19. The number of hydrogen-bond donors (Lipinski definition) is 2. The number of carbonyl (C=O) groups is 1. The van der Waals surface area contributed by atoms with Crippen LogP contribution in [-0.2, 0) is 16.8 Å². The number of nitrogens with zero attached hydrogens (tertiary/aromatic N) is 3. The van der Waals surface area contributed by atoms with Gasteiger partial charge in [0.25, 0.3) is 0 Å². The van der Waals surface area contributed by atoms with Crippen LogP contribution in [0.4, 0.5) is 5.13 Å². The summed E-state index contributed by atoms with van der Waals surface area (Å²) in [5.74, 6) is 3.22. The third kappa shape index (κ3) is 3.18. The maximum atomic E-state index is 12.8. The Morgan fingerprint density at radius 3 is 2.63 bits per heavy atom. The van der Waals surface area contributed by atoms with Gasteiger partial charge in [0, 0.05) is 10.8 Å². The second-order valence-corrected chi connectivity index (χ2v) is 11.4. The van der Waals surface area contributed by atoms with Crippen molar-refractivity contribution in [2.24, 2.45) is 17.8 Å². The molecule has 4 saturated carbocycles. The van der Waals surface area contributed by atoms with Gasteiger partial charge in [-0.3, -0.25) is 14.5 Å². The Morgan fingerprint density at radius 1 is 1.23 bits per heavy atom. The first-order valence-electron chi connectivity index (χ1n) is 10.5. The quantitative estimate of drug-likeness (QED) is 0.514. The van der Waals surface area contributed by atoms with Crippen molar-refractivity contribution >= 4 is 45.9 Å². The highest BCUT2D eigenvalue weighted by Crippen LogP contribution is 2.60. The SMILES string of the molecule is O=C(Cn1c(-c2cccs2)n[nH]c1=S)Nc1nc(C23CC4CC(CC(C4)C2)C3)cs1. The average molecular weight is 458 g/mol. The molecule has 156 valence electrons. The number of carbonyl (C=O) groups excluding carboxylic acids is 1. The zero-order valence-electron chi connectivity index (χ0n) is 16.5. The van der Waals surface area contributed by atoms with Crippen LogP contribution in [0.5, 0.6) is 0 Å². The fourth-order valence-corrected chi connectivity index (χ4v) is 8.13. The van der Waals surface area contributed by atoms with Crippen molar-refractivity contribution in [3.8, 4) is 10.7 Å². The predicted molar refractivity (Wildman–Crippen MR) is 121 cm³/mol. The summed E-state index contributed by atoms with van der Waals surface area (Å²) in [5.41, 5.74) is 1.47. The lowest BCUT2D eigenvalue weighted by Crippen LogP contribution is -2.48. The van der Waals surface area contributed by atoms with E-state index in [1.807, 2.05) is 17.5 Å². The molecule has 9 heteroatoms. The molecule has 4 aliphatic rings. The molecule has 0 spiro atoms. The number of aromatic nitrogens is 4. The average Bonchev–Trinajstić information content (AvgIpc) is 3.43. The minimum absolute atomic E-state index is 0.120. The molecule has 4 aliphatic carbocycles. The van der Waals surface area contributed by atoms with Crippen molar-refractivity contribution in [1.82, 2.24) is 19.7 Å². The molecule has 0 aliphatic heterocycles. The molecular formula is C21H23N5OS3. The molecule has 0 atom stereocenters. The van der Waals surface area contributed by atoms with E-state index in [0.29, 0.717) is 15.7 Å². The number of H-pyrrole nitrogens is 1. The van der Waals surface area contributed by atoms with E-state index in [1.54, 1.807) is 27.2 Å². The highest BCUT2D eigenvalue weighted by molar-refractivity contribution is 7.71. The van der Waals surface area contributed by atoms with Gasteiger partial charge in [0.2, 0.25) is 5.91 Å². The molecule has 0 saturated heterocycles. The number of nitrogens with one attached hydrogen (secondary N) is 2. The Morgan fingerprint density at radius 2 is 1.97 bits per heavy atom. The minimum Gasteiger partial charge on any atom is -0.300 e. The fraction of sp³-hybridized carbons (Fsp3) is 0.524. The number of thiophene rings is 1. The summed E-state index contributed by atoms with van der Waals surface area (Å²) in [6.45, 7) is 0.120. The first kappa shape index (κ1) is 18.9. The molecule has 3 heterocycles. The summed E-state index contributed by atoms with van der Waals surface area (Å²) in [5, 5.41) is 15.0. The van der Waals surface area contributed by atoms with Crippen molar-refractivity contribution in [2.75, 3.05) is 5.32 Å². The maximum absolute atomic E-state index is 12.8. The molecule has 30 heavy (non-hydrogen) atoms. The zero-order chi connectivity index (χ0) is 20.3. The van der Waals surface area contributed by atoms with Crippen LogP contribution in [0.2, 0.25) is 0 Å². The Kier molecular flexibility index (Phi) is 4.47. The van der Waals surface area contributed by atoms with Gasteiger partial charge in [-0.1, -0.05) is 6.07 Å². The van der Waals surface area contributed by atoms with E-state index in [0.717, 1.165) is 22.6 Å². The lowest BCUT2D eigenvalue weighted by atomic mass is 9.49. The number of anilines is 1. The third-order valence-electron chi connectivity index (χ3n) is 7.13. The molecule has 4 bridgehead atoms. The van der Waals surface area contributed by atoms with Crippen molar-refractivity contribution in [2.45, 2.75) is 50.5 Å². The number of thiazole rings is 1. The fourth-order valence-electron chi connectivity index (χ4n) is 6.36. The van der Waals surface area contributed by atoms with Crippen LogP contribution >= 0.6 is 34.9 Å². The van der Waals surface area contributed by atoms with Crippen molar-refractivity contribution in [3.05, 3.63) is 33.4 Å². The third-order valence-corrected chi connectivity index (χ3v) is 9.07. The van der Waals surface area contributed by atoms with Gasteiger partial charge in [-0.25, -0.2) is 4.98 Å². The molecule has 7 rings (SSSR count). The van der Waals surface area contributed by atoms with Crippen molar-refractivity contribution in [3.63, 3.8) is 0 Å². The molecule has 3 aromatic rings. The monoisotopic (exact) mass is 457 g/mol. The van der Waals surface area contributed by atoms with E-state index in [-0.39, 0.29) is 17.9 Å². The normalized spacial score (nSPS) is 29.4. The van der Waals surface area contributed by atoms with E-state index in [9.17, 15) is 4.79 Å². The van der Waals surface area contributed by atoms with Crippen molar-refractivity contribution in [1.29, 1.82) is 0 Å². The summed E-state index contributed by atoms with van der Waals surface area (Å²) in [6, 6.07) is 3.94. The standard InChI is InChI=1S/C21H23N5OS3/c27-17(10-26-18(24-25-20(26)28)15-2-1-3-29-15)23-19-22-16(11-30-19)21-7-12-4-13(8-21)6-14(5-12)9-21/h1-3,11-14H,4-10H2,(H,25,28)(H,22,23,27). The van der Waals surface area contributed by atoms with Gasteiger partial charge in [-0.05, 0) is 79.9 Å². The van der Waals surface area contributed by atoms with E-state index in [1.165, 1.54) is 44.2 Å². The van der Waals surface area contributed by atoms with Crippen LogP contribution in [0.25, 0.3) is 10.7 Å². The molecule has 1 amide bonds. The molecule has 4 fully saturated rings. The van der Waals surface area contributed by atoms with Crippen LogP contribution in [0.3, 0.4) is 0 Å². The minimum atomic E-state index is -0.128. The second kappa shape index (κ2) is 7.10. The lowest BCUT2D eigenvalue weighted by molar-refractivity contribution is -0.116. The number of rotatable bonds is 5. The van der Waals surface area contributed by atoms with E-state index in [4.69, 9.17) is 17.2 Å². The van der Waals surface area contributed by atoms with Gasteiger partial charge in [0.15, 0.2) is 15.7 Å². The molecule has 0 radical (unpaired) electrons. The Balaban J connectivity index is 1.19. The Labute approximate surface area is 187 Å². The Hall–Kier alpha value is -1.84. The predicted octanol–water partition coefficient (Wildman–Crippen LogP) is 5.23. The van der Waals surface area contributed by atoms with Crippen LogP contribution in [-0.4, -0.2) is 25.7 Å². The number of hydrogen-bond acceptors (Lipinski definition) is 6. The maximum Gasteiger partial charge on any atom is 0.246 e. The smallest absolute Gasteiger partial charge is 0.246 e.